The third kappa shape index (κ3) is 3.33. The molecule has 24 heavy (non-hydrogen) atoms. The van der Waals surface area contributed by atoms with Crippen LogP contribution in [0.5, 0.6) is 5.75 Å². The van der Waals surface area contributed by atoms with Crippen LogP contribution >= 0.6 is 0 Å². The van der Waals surface area contributed by atoms with E-state index in [9.17, 15) is 18.4 Å². The van der Waals surface area contributed by atoms with Gasteiger partial charge in [0.1, 0.15) is 18.0 Å². The largest absolute Gasteiger partial charge is 0.435 e. The van der Waals surface area contributed by atoms with Crippen LogP contribution in [-0.4, -0.2) is 53.5 Å². The van der Waals surface area contributed by atoms with Crippen LogP contribution in [0.25, 0.3) is 0 Å². The first-order valence-corrected chi connectivity index (χ1v) is 7.82. The molecule has 2 unspecified atom stereocenters. The van der Waals surface area contributed by atoms with Gasteiger partial charge in [-0.1, -0.05) is 12.1 Å². The van der Waals surface area contributed by atoms with Crippen molar-refractivity contribution in [1.82, 2.24) is 15.1 Å². The van der Waals surface area contributed by atoms with Gasteiger partial charge < -0.3 is 15.0 Å². The molecule has 1 N–H and O–H groups in total. The van der Waals surface area contributed by atoms with Crippen LogP contribution in [0.3, 0.4) is 0 Å². The number of nitrogens with one attached hydrogen (secondary N) is 1. The van der Waals surface area contributed by atoms with E-state index in [-0.39, 0.29) is 23.7 Å². The number of amides is 2. The lowest BCUT2D eigenvalue weighted by molar-refractivity contribution is -0.159. The van der Waals surface area contributed by atoms with Crippen molar-refractivity contribution in [3.05, 3.63) is 29.8 Å². The van der Waals surface area contributed by atoms with E-state index in [1.165, 1.54) is 12.1 Å². The number of alkyl halides is 2. The molecule has 3 rings (SSSR count). The molecule has 8 heteroatoms. The number of ether oxygens (including phenoxy) is 1. The number of hydrogen-bond donors (Lipinski definition) is 1. The molecule has 130 valence electrons. The number of halogens is 2. The highest BCUT2D eigenvalue weighted by atomic mass is 19.3. The smallest absolute Gasteiger partial charge is 0.387 e. The summed E-state index contributed by atoms with van der Waals surface area (Å²) in [6.45, 7) is 0.426. The maximum atomic E-state index is 12.2. The second-order valence-electron chi connectivity index (χ2n) is 5.95. The molecule has 0 bridgehead atoms. The Hall–Kier alpha value is -2.22. The number of piperazine rings is 1. The standard InChI is InChI=1S/C16H19F2N3O3/c1-10-15(23)19-8-13-20(7-6-14(22)21(10)13)9-11-2-4-12(5-3-11)24-16(17)18/h2-5,10,13,16H,6-9H2,1H3,(H,19,23). The van der Waals surface area contributed by atoms with Crippen molar-refractivity contribution in [1.29, 1.82) is 0 Å². The van der Waals surface area contributed by atoms with Crippen molar-refractivity contribution >= 4 is 11.8 Å². The zero-order valence-electron chi connectivity index (χ0n) is 13.2. The summed E-state index contributed by atoms with van der Waals surface area (Å²) in [5.41, 5.74) is 0.926. The Morgan fingerprint density at radius 1 is 1.29 bits per heavy atom. The van der Waals surface area contributed by atoms with Crippen LogP contribution in [0.15, 0.2) is 24.3 Å². The topological polar surface area (TPSA) is 61.9 Å². The van der Waals surface area contributed by atoms with E-state index in [0.717, 1.165) is 5.56 Å². The number of rotatable bonds is 4. The van der Waals surface area contributed by atoms with E-state index in [1.807, 2.05) is 0 Å². The van der Waals surface area contributed by atoms with Crippen molar-refractivity contribution in [2.24, 2.45) is 0 Å². The average Bonchev–Trinajstić information content (AvgIpc) is 2.54. The van der Waals surface area contributed by atoms with Gasteiger partial charge in [0.2, 0.25) is 11.8 Å². The number of nitrogens with zero attached hydrogens (tertiary/aromatic N) is 2. The molecule has 2 saturated heterocycles. The number of carbonyl (C=O) groups excluding carboxylic acids is 2. The third-order valence-corrected chi connectivity index (χ3v) is 4.43. The fourth-order valence-corrected chi connectivity index (χ4v) is 3.22. The van der Waals surface area contributed by atoms with Gasteiger partial charge in [-0.2, -0.15) is 8.78 Å². The van der Waals surface area contributed by atoms with Crippen molar-refractivity contribution in [2.75, 3.05) is 13.1 Å². The quantitative estimate of drug-likeness (QED) is 0.894. The highest BCUT2D eigenvalue weighted by molar-refractivity contribution is 5.89. The van der Waals surface area contributed by atoms with E-state index < -0.39 is 12.7 Å². The molecule has 2 atom stereocenters. The molecule has 0 radical (unpaired) electrons. The second kappa shape index (κ2) is 6.72. The van der Waals surface area contributed by atoms with Gasteiger partial charge in [0.25, 0.3) is 0 Å². The van der Waals surface area contributed by atoms with Crippen LogP contribution in [0.1, 0.15) is 18.9 Å². The maximum Gasteiger partial charge on any atom is 0.387 e. The molecule has 2 amide bonds. The highest BCUT2D eigenvalue weighted by Gasteiger charge is 2.42. The molecular formula is C16H19F2N3O3. The summed E-state index contributed by atoms with van der Waals surface area (Å²) < 4.78 is 28.7. The van der Waals surface area contributed by atoms with Crippen LogP contribution in [0.4, 0.5) is 8.78 Å². The molecule has 0 aliphatic carbocycles. The van der Waals surface area contributed by atoms with Crippen molar-refractivity contribution in [2.45, 2.75) is 38.7 Å². The van der Waals surface area contributed by atoms with Gasteiger partial charge >= 0.3 is 6.61 Å². The predicted octanol–water partition coefficient (Wildman–Crippen LogP) is 1.17. The molecular weight excluding hydrogens is 320 g/mol. The molecule has 2 heterocycles. The summed E-state index contributed by atoms with van der Waals surface area (Å²) in [6, 6.07) is 5.96. The minimum absolute atomic E-state index is 0.0146. The minimum Gasteiger partial charge on any atom is -0.435 e. The van der Waals surface area contributed by atoms with Gasteiger partial charge in [-0.25, -0.2) is 0 Å². The molecule has 0 spiro atoms. The van der Waals surface area contributed by atoms with Crippen molar-refractivity contribution in [3.63, 3.8) is 0 Å². The zero-order valence-corrected chi connectivity index (χ0v) is 13.2. The Morgan fingerprint density at radius 2 is 2.00 bits per heavy atom. The van der Waals surface area contributed by atoms with Crippen molar-refractivity contribution in [3.8, 4) is 5.75 Å². The summed E-state index contributed by atoms with van der Waals surface area (Å²) in [4.78, 5) is 27.7. The Bertz CT molecular complexity index is 623. The molecule has 1 aromatic rings. The molecule has 6 nitrogen and oxygen atoms in total. The monoisotopic (exact) mass is 339 g/mol. The predicted molar refractivity (Wildman–Crippen MR) is 81.2 cm³/mol. The molecule has 1 aromatic carbocycles. The molecule has 2 fully saturated rings. The first kappa shape index (κ1) is 16.6. The van der Waals surface area contributed by atoms with Gasteiger partial charge in [0.05, 0.1) is 6.54 Å². The van der Waals surface area contributed by atoms with Crippen molar-refractivity contribution < 1.29 is 23.1 Å². The lowest BCUT2D eigenvalue weighted by Gasteiger charge is -2.48. The van der Waals surface area contributed by atoms with Gasteiger partial charge in [-0.05, 0) is 24.6 Å². The number of hydrogen-bond acceptors (Lipinski definition) is 4. The van der Waals surface area contributed by atoms with E-state index >= 15 is 0 Å². The molecule has 2 aliphatic rings. The fraction of sp³-hybridized carbons (Fsp3) is 0.500. The SMILES string of the molecule is CC1C(=O)NCC2N(Cc3ccc(OC(F)F)cc3)CCC(=O)N12. The number of fused-ring (bicyclic) bond motifs is 1. The second-order valence-corrected chi connectivity index (χ2v) is 5.95. The van der Waals surface area contributed by atoms with Gasteiger partial charge in [-0.3, -0.25) is 14.5 Å². The van der Waals surface area contributed by atoms with Gasteiger partial charge in [-0.15, -0.1) is 0 Å². The average molecular weight is 339 g/mol. The minimum atomic E-state index is -2.84. The summed E-state index contributed by atoms with van der Waals surface area (Å²) >= 11 is 0. The first-order valence-electron chi connectivity index (χ1n) is 7.82. The van der Waals surface area contributed by atoms with Crippen LogP contribution in [-0.2, 0) is 16.1 Å². The molecule has 2 aliphatic heterocycles. The molecule has 0 aromatic heterocycles. The molecule has 0 saturated carbocycles. The Balaban J connectivity index is 1.70. The highest BCUT2D eigenvalue weighted by Crippen LogP contribution is 2.24. The summed E-state index contributed by atoms with van der Waals surface area (Å²) in [5, 5.41) is 2.82. The summed E-state index contributed by atoms with van der Waals surface area (Å²) in [7, 11) is 0. The van der Waals surface area contributed by atoms with E-state index in [4.69, 9.17) is 0 Å². The Kier molecular flexibility index (Phi) is 4.66. The number of carbonyl (C=O) groups is 2. The Labute approximate surface area is 138 Å². The van der Waals surface area contributed by atoms with E-state index in [0.29, 0.717) is 26.1 Å². The lowest BCUT2D eigenvalue weighted by Crippen LogP contribution is -2.68. The zero-order chi connectivity index (χ0) is 17.3. The van der Waals surface area contributed by atoms with E-state index in [2.05, 4.69) is 15.0 Å². The van der Waals surface area contributed by atoms with Crippen LogP contribution in [0, 0.1) is 0 Å². The van der Waals surface area contributed by atoms with Gasteiger partial charge in [0, 0.05) is 19.5 Å². The van der Waals surface area contributed by atoms with Crippen LogP contribution < -0.4 is 10.1 Å². The van der Waals surface area contributed by atoms with E-state index in [1.54, 1.807) is 24.0 Å². The van der Waals surface area contributed by atoms with Gasteiger partial charge in [0.15, 0.2) is 0 Å². The summed E-state index contributed by atoms with van der Waals surface area (Å²) in [6.07, 6.45) is 0.177. The van der Waals surface area contributed by atoms with Crippen LogP contribution in [0.2, 0.25) is 0 Å². The summed E-state index contributed by atoms with van der Waals surface area (Å²) in [5.74, 6) is -0.0445. The Morgan fingerprint density at radius 3 is 2.67 bits per heavy atom. The number of benzene rings is 1. The first-order chi connectivity index (χ1) is 11.5. The fourth-order valence-electron chi connectivity index (χ4n) is 3.22. The third-order valence-electron chi connectivity index (χ3n) is 4.43. The maximum absolute atomic E-state index is 12.2. The normalized spacial score (nSPS) is 24.8. The lowest BCUT2D eigenvalue weighted by atomic mass is 10.1.